The van der Waals surface area contributed by atoms with E-state index in [1.807, 2.05) is 142 Å². The minimum absolute atomic E-state index is 0.145. The molecule has 28 nitrogen and oxygen atoms in total. The normalized spacial score (nSPS) is 17.7. The maximum Gasteiger partial charge on any atom is 0.296 e. The molecule has 0 spiro atoms. The number of rotatable bonds is 19. The van der Waals surface area contributed by atoms with Crippen molar-refractivity contribution in [2.75, 3.05) is 66.0 Å². The van der Waals surface area contributed by atoms with Gasteiger partial charge in [0.05, 0.1) is 12.1 Å². The number of hydrogen-bond donors (Lipinski definition) is 6. The highest BCUT2D eigenvalue weighted by molar-refractivity contribution is 6.31. The Hall–Kier alpha value is -11.9. The summed E-state index contributed by atoms with van der Waals surface area (Å²) in [5, 5.41) is 82.5. The second-order valence-corrected chi connectivity index (χ2v) is 28.8. The molecule has 4 aliphatic heterocycles. The molecular weight excluding hydrogens is 1490 g/mol. The van der Waals surface area contributed by atoms with Crippen LogP contribution in [0.2, 0.25) is 20.1 Å². The molecule has 4 aliphatic rings. The van der Waals surface area contributed by atoms with E-state index in [2.05, 4.69) is 198 Å². The molecule has 6 N–H and O–H groups in total. The molecule has 16 rings (SSSR count). The summed E-state index contributed by atoms with van der Waals surface area (Å²) in [7, 11) is 1.74. The zero-order valence-electron chi connectivity index (χ0n) is 61.7. The van der Waals surface area contributed by atoms with Gasteiger partial charge in [-0.05, 0) is 163 Å². The molecule has 32 heteroatoms. The van der Waals surface area contributed by atoms with E-state index in [1.54, 1.807) is 7.11 Å². The third-order valence-electron chi connectivity index (χ3n) is 20.2. The standard InChI is InChI=1S/C21H20ClN8.C21H19ClN7O.C19H20ClN5O.C18H18ClN5O/c1-4-10-24-21(2)16-12-14(22)5-7-18(16)30(11-9-20-26-28-29-27-20)19-8-6-15(25-23-3)13-17(19)21;1-4-11-30-21(2)16-12-14(22)5-7-18(16)29(10-9-20-25-27-28-26-20)19-8-6-15(24-23-3)13-17(19)21;1-12-4-6-16-14(10-12)19(2,26-3)15-11-13(20)5-7-17(15)25(16)9-8-18-21-23-24-22-18;1-11-3-5-15-13(9-11)18(2,25)14-10-12(19)4-6-16(14)24(15)8-7-17-20-22-23-21-17/h1,5-8,12-13,24H,3,9-11H2,2H3,(H,26,27,28,29);1,5-8,12-13H,3,9-11H2,2H3,(H,25,26,27,28);4-7,10-11H,8-9H2,1-3H3,(H,21,22,23,24);3-6,9-10,25H,7-8H2,1-2H3,(H,20,21,22,23)/q2*+1;;. The minimum Gasteiger partial charge on any atom is -0.381 e. The predicted octanol–water partition coefficient (Wildman–Crippen LogP) is 13.4. The third-order valence-corrected chi connectivity index (χ3v) is 21.1. The highest BCUT2D eigenvalue weighted by atomic mass is 35.5. The number of fused-ring (bicyclic) bond motifs is 8. The Morgan fingerprint density at radius 2 is 0.766 bits per heavy atom. The predicted molar refractivity (Wildman–Crippen MR) is 426 cm³/mol. The smallest absolute Gasteiger partial charge is 0.296 e. The number of aryl methyl sites for hydroxylation is 2. The molecule has 562 valence electrons. The van der Waals surface area contributed by atoms with Gasteiger partial charge in [-0.2, -0.15) is 20.9 Å². The SMILES string of the molecule is C#CCNC1(C)c2cc(Cl)ccc2N(CCc2nn[nH]n2)c2ccc(N=[N+]=C)cc21.C#CCOC1(C)c2cc(Cl)ccc2N(CCc2nn[nH]n2)c2ccc(N=[N+]=C)cc21.COC1(C)c2cc(C)ccc2N(CCc2nn[nH]n2)c2ccc(Cl)cc21.Cc1ccc2c(c1)C(C)(O)c1cc(Cl)ccc1N2CCc1nn[nH]n1. The topological polar surface area (TPSA) is 334 Å². The molecule has 0 saturated carbocycles. The van der Waals surface area contributed by atoms with Gasteiger partial charge in [0.2, 0.25) is 0 Å². The van der Waals surface area contributed by atoms with Gasteiger partial charge in [0.15, 0.2) is 23.3 Å². The molecule has 0 aliphatic carbocycles. The zero-order chi connectivity index (χ0) is 78.2. The van der Waals surface area contributed by atoms with E-state index >= 15 is 0 Å². The van der Waals surface area contributed by atoms with Crippen LogP contribution in [0, 0.1) is 38.5 Å². The summed E-state index contributed by atoms with van der Waals surface area (Å²) < 4.78 is 12.2. The Bertz CT molecular complexity index is 5250. The van der Waals surface area contributed by atoms with Crippen LogP contribution in [-0.4, -0.2) is 157 Å². The number of aromatic amines is 4. The van der Waals surface area contributed by atoms with E-state index in [4.69, 9.17) is 68.7 Å². The van der Waals surface area contributed by atoms with Gasteiger partial charge in [0.25, 0.3) is 13.4 Å². The number of halogens is 4. The van der Waals surface area contributed by atoms with Crippen LogP contribution in [0.4, 0.5) is 56.9 Å². The number of nitrogens with one attached hydrogen (secondary N) is 5. The van der Waals surface area contributed by atoms with E-state index in [0.717, 1.165) is 102 Å². The van der Waals surface area contributed by atoms with Gasteiger partial charge in [-0.25, -0.2) is 0 Å². The van der Waals surface area contributed by atoms with Crippen LogP contribution in [0.3, 0.4) is 0 Å². The molecule has 0 amide bonds. The van der Waals surface area contributed by atoms with Gasteiger partial charge in [-0.3, -0.25) is 5.32 Å². The average molecular weight is 1570 g/mol. The lowest BCUT2D eigenvalue weighted by molar-refractivity contribution is -0.0634. The summed E-state index contributed by atoms with van der Waals surface area (Å²) in [4.78, 5) is 16.2. The second-order valence-electron chi connectivity index (χ2n) is 27.0. The van der Waals surface area contributed by atoms with Crippen molar-refractivity contribution in [2.45, 2.75) is 89.6 Å². The average Bonchev–Trinajstić information content (AvgIpc) is 0.925. The highest BCUT2D eigenvalue weighted by Crippen LogP contribution is 2.55. The van der Waals surface area contributed by atoms with Crippen LogP contribution in [0.1, 0.15) is 107 Å². The van der Waals surface area contributed by atoms with Crippen LogP contribution in [0.25, 0.3) is 0 Å². The lowest BCUT2D eigenvalue weighted by Gasteiger charge is -2.44. The van der Waals surface area contributed by atoms with E-state index in [1.165, 1.54) is 5.56 Å². The van der Waals surface area contributed by atoms with E-state index < -0.39 is 22.3 Å². The molecule has 0 radical (unpaired) electrons. The largest absolute Gasteiger partial charge is 0.381 e. The third kappa shape index (κ3) is 15.9. The number of hydrogen-bond acceptors (Lipinski definition) is 22. The molecule has 8 aromatic carbocycles. The molecule has 4 atom stereocenters. The number of tetrazole rings is 4. The molecule has 0 fully saturated rings. The van der Waals surface area contributed by atoms with Crippen molar-refractivity contribution < 1.29 is 24.2 Å². The fraction of sp³-hybridized carbons (Fsp3) is 0.266. The van der Waals surface area contributed by atoms with Crippen LogP contribution in [0.5, 0.6) is 0 Å². The quantitative estimate of drug-likeness (QED) is 0.0190. The molecule has 12 aromatic rings. The number of benzene rings is 8. The van der Waals surface area contributed by atoms with Crippen molar-refractivity contribution in [3.8, 4) is 24.7 Å². The first kappa shape index (κ1) is 77.3. The summed E-state index contributed by atoms with van der Waals surface area (Å²) in [5.41, 5.74) is 16.4. The molecule has 111 heavy (non-hydrogen) atoms. The number of terminal acetylenes is 2. The Morgan fingerprint density at radius 3 is 1.14 bits per heavy atom. The first-order valence-electron chi connectivity index (χ1n) is 35.2. The van der Waals surface area contributed by atoms with Crippen molar-refractivity contribution in [1.29, 1.82) is 0 Å². The van der Waals surface area contributed by atoms with Gasteiger partial charge in [0, 0.05) is 179 Å². The van der Waals surface area contributed by atoms with Gasteiger partial charge in [0.1, 0.15) is 45.0 Å². The molecule has 0 saturated heterocycles. The number of nitrogens with zero attached hydrogens (tertiary/aromatic N) is 20. The first-order chi connectivity index (χ1) is 53.6. The molecule has 4 aromatic heterocycles. The Morgan fingerprint density at radius 1 is 0.450 bits per heavy atom. The van der Waals surface area contributed by atoms with Crippen LogP contribution < -0.4 is 24.9 Å². The summed E-state index contributed by atoms with van der Waals surface area (Å²) in [6.45, 7) is 22.2. The van der Waals surface area contributed by atoms with Crippen molar-refractivity contribution in [3.63, 3.8) is 0 Å². The van der Waals surface area contributed by atoms with Crippen molar-refractivity contribution >= 4 is 117 Å². The van der Waals surface area contributed by atoms with E-state index in [0.29, 0.717) is 107 Å². The monoisotopic (exact) mass is 1560 g/mol. The van der Waals surface area contributed by atoms with E-state index in [-0.39, 0.29) is 6.61 Å². The maximum atomic E-state index is 11.3. The molecule has 8 heterocycles. The summed E-state index contributed by atoms with van der Waals surface area (Å²) in [6.07, 6.45) is 13.6. The van der Waals surface area contributed by atoms with Gasteiger partial charge < -0.3 is 34.2 Å². The Labute approximate surface area is 659 Å². The summed E-state index contributed by atoms with van der Waals surface area (Å²) in [5.74, 6) is 7.86. The lowest BCUT2D eigenvalue weighted by Crippen LogP contribution is -2.46. The Kier molecular flexibility index (Phi) is 23.1. The fourth-order valence-electron chi connectivity index (χ4n) is 14.7. The zero-order valence-corrected chi connectivity index (χ0v) is 64.7. The van der Waals surface area contributed by atoms with Crippen molar-refractivity contribution in [3.05, 3.63) is 245 Å². The highest BCUT2D eigenvalue weighted by Gasteiger charge is 2.45. The minimum atomic E-state index is -1.11. The van der Waals surface area contributed by atoms with E-state index in [9.17, 15) is 5.11 Å². The summed E-state index contributed by atoms with van der Waals surface area (Å²) >= 11 is 25.3. The number of H-pyrrole nitrogens is 4. The van der Waals surface area contributed by atoms with Gasteiger partial charge in [-0.1, -0.05) is 114 Å². The number of aliphatic hydroxyl groups is 1. The lowest BCUT2D eigenvalue weighted by atomic mass is 9.78. The number of anilines is 8. The van der Waals surface area contributed by atoms with Crippen molar-refractivity contribution in [2.24, 2.45) is 10.2 Å². The maximum absolute atomic E-state index is 11.3. The summed E-state index contributed by atoms with van der Waals surface area (Å²) in [6, 6.07) is 47.6. The molecule has 4 unspecified atom stereocenters. The van der Waals surface area contributed by atoms with Crippen LogP contribution in [-0.2, 0) is 57.5 Å². The van der Waals surface area contributed by atoms with Gasteiger partial charge >= 0.3 is 0 Å². The van der Waals surface area contributed by atoms with Crippen LogP contribution >= 0.6 is 46.4 Å². The molecule has 0 bridgehead atoms. The van der Waals surface area contributed by atoms with Crippen LogP contribution in [0.15, 0.2) is 156 Å². The second kappa shape index (κ2) is 33.1. The number of methoxy groups -OCH3 is 1. The number of ether oxygens (including phenoxy) is 2. The fourth-order valence-corrected chi connectivity index (χ4v) is 15.4. The Balaban J connectivity index is 0.000000130. The first-order valence-corrected chi connectivity index (χ1v) is 36.7. The van der Waals surface area contributed by atoms with Gasteiger partial charge in [-0.15, -0.1) is 53.6 Å². The number of aromatic nitrogens is 16. The molecular formula is C79H77Cl4N25O3+2. The van der Waals surface area contributed by atoms with Crippen molar-refractivity contribution in [1.82, 2.24) is 87.8 Å².